The topological polar surface area (TPSA) is 189 Å². The Bertz CT molecular complexity index is 1490. The van der Waals surface area contributed by atoms with Crippen molar-refractivity contribution in [3.05, 3.63) is 64.5 Å². The van der Waals surface area contributed by atoms with Gasteiger partial charge >= 0.3 is 23.9 Å². The monoisotopic (exact) mass is 792 g/mol. The first kappa shape index (κ1) is 48.3. The summed E-state index contributed by atoms with van der Waals surface area (Å²) < 4.78 is 0. The number of amides is 1. The largest absolute Gasteiger partial charge is 0.480 e. The Balaban J connectivity index is 2.26. The Labute approximate surface area is 338 Å². The predicted molar refractivity (Wildman–Crippen MR) is 219 cm³/mol. The molecule has 0 saturated heterocycles. The van der Waals surface area contributed by atoms with Gasteiger partial charge < -0.3 is 25.3 Å². The zero-order chi connectivity index (χ0) is 41.8. The van der Waals surface area contributed by atoms with Crippen LogP contribution in [-0.2, 0) is 32.3 Å². The molecule has 1 aromatic heterocycles. The number of aromatic nitrogens is 1. The van der Waals surface area contributed by atoms with E-state index in [1.165, 1.54) is 86.8 Å². The van der Waals surface area contributed by atoms with E-state index in [2.05, 4.69) is 30.7 Å². The average molecular weight is 793 g/mol. The molecular weight excluding hydrogens is 729 g/mol. The number of carbonyl (C=O) groups excluding carboxylic acids is 1. The third kappa shape index (κ3) is 22.5. The second-order valence-electron chi connectivity index (χ2n) is 14.8. The smallest absolute Gasteiger partial charge is 0.317 e. The predicted octanol–water partition coefficient (Wildman–Crippen LogP) is 7.15. The van der Waals surface area contributed by atoms with E-state index in [0.29, 0.717) is 16.7 Å². The molecule has 4 N–H and O–H groups in total. The second kappa shape index (κ2) is 28.6. The van der Waals surface area contributed by atoms with Gasteiger partial charge in [0.1, 0.15) is 0 Å². The van der Waals surface area contributed by atoms with E-state index in [0.717, 1.165) is 38.8 Å². The molecule has 0 aliphatic carbocycles. The fraction of sp³-hybridized carbons (Fsp3) is 0.591. The van der Waals surface area contributed by atoms with E-state index in [-0.39, 0.29) is 30.4 Å². The molecule has 0 aliphatic heterocycles. The molecule has 13 nitrogen and oxygen atoms in total. The molecule has 0 radical (unpaired) electrons. The summed E-state index contributed by atoms with van der Waals surface area (Å²) in [5, 5.41) is 37.3. The van der Waals surface area contributed by atoms with Crippen LogP contribution in [0.2, 0.25) is 0 Å². The van der Waals surface area contributed by atoms with Crippen LogP contribution in [0.25, 0.3) is 0 Å². The van der Waals surface area contributed by atoms with Crippen LogP contribution in [0.15, 0.2) is 36.4 Å². The molecule has 13 heteroatoms. The molecule has 2 aromatic rings. The number of pyridine rings is 1. The van der Waals surface area contributed by atoms with Gasteiger partial charge in [-0.1, -0.05) is 116 Å². The second-order valence-corrected chi connectivity index (χ2v) is 14.8. The van der Waals surface area contributed by atoms with Crippen LogP contribution in [-0.4, -0.2) is 109 Å². The number of hydrogen-bond donors (Lipinski definition) is 4. The Hall–Kier alpha value is -4.80. The highest BCUT2D eigenvalue weighted by atomic mass is 16.4. The zero-order valence-electron chi connectivity index (χ0n) is 34.1. The average Bonchev–Trinajstić information content (AvgIpc) is 3.14. The summed E-state index contributed by atoms with van der Waals surface area (Å²) in [5.74, 6) is 1.21. The summed E-state index contributed by atoms with van der Waals surface area (Å²) in [6.07, 6.45) is 19.1. The molecule has 1 aromatic carbocycles. The van der Waals surface area contributed by atoms with Crippen LogP contribution >= 0.6 is 0 Å². The number of carboxylic acid groups (broad SMARTS) is 4. The molecule has 0 atom stereocenters. The lowest BCUT2D eigenvalue weighted by atomic mass is 10.1. The minimum atomic E-state index is -1.23. The third-order valence-electron chi connectivity index (χ3n) is 9.47. The summed E-state index contributed by atoms with van der Waals surface area (Å²) in [6.45, 7) is 3.31. The molecule has 0 saturated carbocycles. The molecule has 0 fully saturated rings. The summed E-state index contributed by atoms with van der Waals surface area (Å²) in [5.41, 5.74) is 2.19. The Kier molecular flexibility index (Phi) is 24.2. The molecule has 0 unspecified atom stereocenters. The fourth-order valence-electron chi connectivity index (χ4n) is 6.65. The molecule has 57 heavy (non-hydrogen) atoms. The first-order valence-corrected chi connectivity index (χ1v) is 20.6. The minimum Gasteiger partial charge on any atom is -0.480 e. The standard InChI is InChI=1S/C44H64N4O9/c1-3-5-7-9-11-13-15-17-25-48(26-18-16-14-12-10-8-6-4-2)44(57)37-23-21-35(22-24-37)19-20-36-27-38(29-46(31-40(49)50)32-41(51)52)45-39(28-36)30-47(33-42(53)54)34-43(55)56/h21-24,27-28H,3-18,25-26,29-34H2,1-2H3,(H,49,50)(H,51,52)(H,53,54)(H,55,56). The van der Waals surface area contributed by atoms with Crippen molar-refractivity contribution < 1.29 is 44.4 Å². The number of unbranched alkanes of at least 4 members (excludes halogenated alkanes) is 14. The number of benzene rings is 1. The van der Waals surface area contributed by atoms with Gasteiger partial charge in [-0.15, -0.1) is 0 Å². The third-order valence-corrected chi connectivity index (χ3v) is 9.47. The van der Waals surface area contributed by atoms with Gasteiger partial charge in [-0.2, -0.15) is 0 Å². The van der Waals surface area contributed by atoms with E-state index in [9.17, 15) is 44.4 Å². The van der Waals surface area contributed by atoms with Crippen molar-refractivity contribution in [1.29, 1.82) is 0 Å². The van der Waals surface area contributed by atoms with Crippen LogP contribution in [0.4, 0.5) is 0 Å². The molecule has 2 rings (SSSR count). The highest BCUT2D eigenvalue weighted by Crippen LogP contribution is 2.16. The minimum absolute atomic E-state index is 0.00312. The maximum absolute atomic E-state index is 13.8. The van der Waals surface area contributed by atoms with Gasteiger partial charge in [0.05, 0.1) is 37.6 Å². The molecule has 1 amide bonds. The van der Waals surface area contributed by atoms with Gasteiger partial charge in [-0.3, -0.25) is 38.8 Å². The van der Waals surface area contributed by atoms with Crippen molar-refractivity contribution in [2.45, 2.75) is 130 Å². The van der Waals surface area contributed by atoms with Crippen LogP contribution in [0.3, 0.4) is 0 Å². The van der Waals surface area contributed by atoms with Crippen molar-refractivity contribution in [1.82, 2.24) is 19.7 Å². The highest BCUT2D eigenvalue weighted by molar-refractivity contribution is 5.94. The summed E-state index contributed by atoms with van der Waals surface area (Å²) in [6, 6.07) is 10.3. The fourth-order valence-corrected chi connectivity index (χ4v) is 6.65. The van der Waals surface area contributed by atoms with Crippen molar-refractivity contribution >= 4 is 29.8 Å². The highest BCUT2D eigenvalue weighted by Gasteiger charge is 2.19. The van der Waals surface area contributed by atoms with Crippen LogP contribution in [0, 0.1) is 11.8 Å². The van der Waals surface area contributed by atoms with Gasteiger partial charge in [-0.25, -0.2) is 0 Å². The van der Waals surface area contributed by atoms with E-state index in [4.69, 9.17) is 0 Å². The number of hydrogen-bond acceptors (Lipinski definition) is 8. The number of rotatable bonds is 31. The number of aliphatic carboxylic acids is 4. The summed E-state index contributed by atoms with van der Waals surface area (Å²) >= 11 is 0. The van der Waals surface area contributed by atoms with Crippen LogP contribution in [0.5, 0.6) is 0 Å². The Morgan fingerprint density at radius 1 is 0.509 bits per heavy atom. The summed E-state index contributed by atoms with van der Waals surface area (Å²) in [4.78, 5) is 68.3. The quantitative estimate of drug-likeness (QED) is 0.0447. The lowest BCUT2D eigenvalue weighted by Gasteiger charge is -2.23. The SMILES string of the molecule is CCCCCCCCCCN(CCCCCCCCCC)C(=O)c1ccc(C#Cc2cc(CN(CC(=O)O)CC(=O)O)nc(CN(CC(=O)O)CC(=O)O)c2)cc1. The van der Waals surface area contributed by atoms with Crippen molar-refractivity contribution in [3.63, 3.8) is 0 Å². The van der Waals surface area contributed by atoms with Crippen molar-refractivity contribution in [2.24, 2.45) is 0 Å². The maximum Gasteiger partial charge on any atom is 0.317 e. The van der Waals surface area contributed by atoms with Gasteiger partial charge in [0, 0.05) is 42.9 Å². The van der Waals surface area contributed by atoms with E-state index in [1.54, 1.807) is 36.4 Å². The van der Waals surface area contributed by atoms with Gasteiger partial charge in [0.2, 0.25) is 0 Å². The molecule has 0 spiro atoms. The van der Waals surface area contributed by atoms with Crippen LogP contribution in [0.1, 0.15) is 149 Å². The Morgan fingerprint density at radius 3 is 1.23 bits per heavy atom. The van der Waals surface area contributed by atoms with E-state index in [1.807, 2.05) is 4.90 Å². The van der Waals surface area contributed by atoms with E-state index >= 15 is 0 Å². The molecular formula is C44H64N4O9. The first-order valence-electron chi connectivity index (χ1n) is 20.6. The summed E-state index contributed by atoms with van der Waals surface area (Å²) in [7, 11) is 0. The van der Waals surface area contributed by atoms with Gasteiger partial charge in [-0.05, 0) is 49.2 Å². The van der Waals surface area contributed by atoms with Crippen molar-refractivity contribution in [2.75, 3.05) is 39.3 Å². The molecule has 314 valence electrons. The van der Waals surface area contributed by atoms with E-state index < -0.39 is 50.1 Å². The number of carboxylic acids is 4. The first-order chi connectivity index (χ1) is 27.4. The number of carbonyl (C=O) groups is 5. The van der Waals surface area contributed by atoms with Gasteiger partial charge in [0.25, 0.3) is 5.91 Å². The maximum atomic E-state index is 13.8. The van der Waals surface area contributed by atoms with Gasteiger partial charge in [0.15, 0.2) is 0 Å². The number of nitrogens with zero attached hydrogens (tertiary/aromatic N) is 4. The van der Waals surface area contributed by atoms with Crippen molar-refractivity contribution in [3.8, 4) is 11.8 Å². The zero-order valence-corrected chi connectivity index (χ0v) is 34.1. The molecule has 1 heterocycles. The Morgan fingerprint density at radius 2 is 0.860 bits per heavy atom. The van der Waals surface area contributed by atoms with Crippen LogP contribution < -0.4 is 0 Å². The lowest BCUT2D eigenvalue weighted by Crippen LogP contribution is -2.35. The lowest BCUT2D eigenvalue weighted by molar-refractivity contribution is -0.144. The molecule has 0 aliphatic rings. The normalized spacial score (nSPS) is 11.0. The molecule has 0 bridgehead atoms.